The largest absolute Gasteiger partial charge is 0.508 e. The Kier molecular flexibility index (Phi) is 5.66. The first-order valence-electron chi connectivity index (χ1n) is 8.63. The fraction of sp³-hybridized carbons (Fsp3) is 0.368. The number of phenolic OH excluding ortho intramolecular Hbond substituents is 1. The molecular weight excluding hydrogens is 350 g/mol. The molecule has 0 aliphatic carbocycles. The second-order valence-corrected chi connectivity index (χ2v) is 6.23. The number of ether oxygens (including phenoxy) is 2. The third kappa shape index (κ3) is 4.06. The van der Waals surface area contributed by atoms with E-state index in [1.165, 1.54) is 14.2 Å². The lowest BCUT2D eigenvalue weighted by atomic mass is 10.1. The van der Waals surface area contributed by atoms with Gasteiger partial charge in [-0.3, -0.25) is 9.69 Å². The van der Waals surface area contributed by atoms with Gasteiger partial charge in [-0.2, -0.15) is 4.98 Å². The normalized spacial score (nSPS) is 16.0. The Hall–Kier alpha value is -3.00. The zero-order valence-corrected chi connectivity index (χ0v) is 15.3. The van der Waals surface area contributed by atoms with Gasteiger partial charge in [-0.1, -0.05) is 0 Å². The first-order chi connectivity index (χ1) is 13.0. The highest BCUT2D eigenvalue weighted by Gasteiger charge is 2.33. The van der Waals surface area contributed by atoms with Crippen LogP contribution in [-0.2, 0) is 4.79 Å². The van der Waals surface area contributed by atoms with E-state index < -0.39 is 12.0 Å². The highest BCUT2D eigenvalue weighted by Crippen LogP contribution is 2.31. The molecule has 27 heavy (non-hydrogen) atoms. The van der Waals surface area contributed by atoms with Crippen molar-refractivity contribution in [3.8, 4) is 17.5 Å². The molecule has 1 aliphatic heterocycles. The molecule has 144 valence electrons. The zero-order chi connectivity index (χ0) is 19.4. The number of aromatic hydroxyl groups is 1. The number of carboxylic acids is 1. The van der Waals surface area contributed by atoms with Crippen LogP contribution < -0.4 is 14.4 Å². The number of methoxy groups -OCH3 is 2. The van der Waals surface area contributed by atoms with Gasteiger partial charge in [0.1, 0.15) is 11.8 Å². The van der Waals surface area contributed by atoms with Gasteiger partial charge in [-0.25, -0.2) is 0 Å². The monoisotopic (exact) mass is 373 g/mol. The third-order valence-corrected chi connectivity index (χ3v) is 4.69. The van der Waals surface area contributed by atoms with Crippen LogP contribution >= 0.6 is 0 Å². The van der Waals surface area contributed by atoms with Crippen LogP contribution in [0.2, 0.25) is 0 Å². The smallest absolute Gasteiger partial charge is 0.325 e. The first kappa shape index (κ1) is 18.8. The van der Waals surface area contributed by atoms with E-state index in [2.05, 4.69) is 9.88 Å². The lowest BCUT2D eigenvalue weighted by molar-refractivity contribution is -0.143. The Morgan fingerprint density at radius 2 is 1.70 bits per heavy atom. The maximum atomic E-state index is 12.0. The minimum absolute atomic E-state index is 0.224. The summed E-state index contributed by atoms with van der Waals surface area (Å²) in [6, 6.07) is 9.49. The van der Waals surface area contributed by atoms with Gasteiger partial charge in [0.05, 0.1) is 14.2 Å². The molecule has 1 fully saturated rings. The summed E-state index contributed by atoms with van der Waals surface area (Å²) in [7, 11) is 2.96. The predicted octanol–water partition coefficient (Wildman–Crippen LogP) is 1.75. The molecule has 0 saturated carbocycles. The number of pyridine rings is 1. The Morgan fingerprint density at radius 3 is 2.26 bits per heavy atom. The van der Waals surface area contributed by atoms with Crippen LogP contribution in [0.15, 0.2) is 36.4 Å². The van der Waals surface area contributed by atoms with Crippen molar-refractivity contribution in [3.05, 3.63) is 42.0 Å². The fourth-order valence-corrected chi connectivity index (χ4v) is 3.31. The highest BCUT2D eigenvalue weighted by atomic mass is 16.5. The van der Waals surface area contributed by atoms with Crippen LogP contribution in [0.4, 0.5) is 5.69 Å². The van der Waals surface area contributed by atoms with Gasteiger partial charge in [0.2, 0.25) is 11.8 Å². The van der Waals surface area contributed by atoms with E-state index in [9.17, 15) is 15.0 Å². The van der Waals surface area contributed by atoms with E-state index >= 15 is 0 Å². The van der Waals surface area contributed by atoms with Gasteiger partial charge in [-0.05, 0) is 30.3 Å². The van der Waals surface area contributed by atoms with Gasteiger partial charge in [0.15, 0.2) is 0 Å². The number of carboxylic acid groups (broad SMARTS) is 1. The maximum absolute atomic E-state index is 12.0. The summed E-state index contributed by atoms with van der Waals surface area (Å²) in [4.78, 5) is 20.3. The van der Waals surface area contributed by atoms with E-state index in [1.54, 1.807) is 24.3 Å². The third-order valence-electron chi connectivity index (χ3n) is 4.69. The molecule has 8 heteroatoms. The summed E-state index contributed by atoms with van der Waals surface area (Å²) >= 11 is 0. The minimum atomic E-state index is -0.946. The van der Waals surface area contributed by atoms with Gasteiger partial charge in [-0.15, -0.1) is 0 Å². The summed E-state index contributed by atoms with van der Waals surface area (Å²) in [6.07, 6.45) is 0. The van der Waals surface area contributed by atoms with Crippen molar-refractivity contribution in [2.45, 2.75) is 6.04 Å². The summed E-state index contributed by atoms with van der Waals surface area (Å²) in [5.74, 6) is -0.0969. The molecule has 1 atom stereocenters. The second kappa shape index (κ2) is 8.13. The average Bonchev–Trinajstić information content (AvgIpc) is 2.69. The van der Waals surface area contributed by atoms with E-state index in [-0.39, 0.29) is 11.6 Å². The second-order valence-electron chi connectivity index (χ2n) is 6.23. The van der Waals surface area contributed by atoms with E-state index in [0.29, 0.717) is 37.6 Å². The van der Waals surface area contributed by atoms with Crippen LogP contribution in [0, 0.1) is 0 Å². The molecule has 0 spiro atoms. The van der Waals surface area contributed by atoms with E-state index in [4.69, 9.17) is 9.47 Å². The molecule has 2 aromatic rings. The van der Waals surface area contributed by atoms with Crippen LogP contribution in [-0.4, -0.2) is 66.5 Å². The Bertz CT molecular complexity index is 788. The van der Waals surface area contributed by atoms with Crippen molar-refractivity contribution in [1.29, 1.82) is 0 Å². The molecule has 1 aromatic heterocycles. The van der Waals surface area contributed by atoms with Crippen molar-refractivity contribution in [1.82, 2.24) is 9.88 Å². The molecule has 0 unspecified atom stereocenters. The lowest BCUT2D eigenvalue weighted by Gasteiger charge is -2.39. The molecule has 0 bridgehead atoms. The summed E-state index contributed by atoms with van der Waals surface area (Å²) < 4.78 is 10.4. The number of phenols is 1. The number of piperazine rings is 1. The lowest BCUT2D eigenvalue weighted by Crippen LogP contribution is -2.49. The van der Waals surface area contributed by atoms with Crippen LogP contribution in [0.25, 0.3) is 0 Å². The van der Waals surface area contributed by atoms with E-state index in [0.717, 1.165) is 5.69 Å². The number of rotatable bonds is 6. The number of carbonyl (C=O) groups is 1. The molecule has 0 amide bonds. The van der Waals surface area contributed by atoms with Crippen molar-refractivity contribution < 1.29 is 24.5 Å². The first-order valence-corrected chi connectivity index (χ1v) is 8.63. The molecule has 1 aromatic carbocycles. The molecule has 2 N–H and O–H groups in total. The van der Waals surface area contributed by atoms with E-state index in [1.807, 2.05) is 17.0 Å². The van der Waals surface area contributed by atoms with Crippen LogP contribution in [0.5, 0.6) is 17.5 Å². The van der Waals surface area contributed by atoms with Crippen LogP contribution in [0.3, 0.4) is 0 Å². The quantitative estimate of drug-likeness (QED) is 0.791. The van der Waals surface area contributed by atoms with Gasteiger partial charge < -0.3 is 24.6 Å². The number of aliphatic carboxylic acids is 1. The number of aromatic nitrogens is 1. The Labute approximate surface area is 157 Å². The Morgan fingerprint density at radius 1 is 1.04 bits per heavy atom. The SMILES string of the molecule is COc1ccc([C@@H](C(=O)O)N2CCN(c3ccc(O)cc3)CC2)c(OC)n1. The standard InChI is InChI=1S/C19H23N3O5/c1-26-16-8-7-15(18(20-16)27-2)17(19(24)25)22-11-9-21(10-12-22)13-3-5-14(23)6-4-13/h3-8,17,23H,9-12H2,1-2H3,(H,24,25)/t17-/m0/s1. The molecule has 3 rings (SSSR count). The van der Waals surface area contributed by atoms with Crippen molar-refractivity contribution in [2.75, 3.05) is 45.3 Å². The number of benzene rings is 1. The molecule has 0 radical (unpaired) electrons. The van der Waals surface area contributed by atoms with Gasteiger partial charge in [0, 0.05) is 43.5 Å². The minimum Gasteiger partial charge on any atom is -0.508 e. The summed E-state index contributed by atoms with van der Waals surface area (Å²) in [5, 5.41) is 19.3. The van der Waals surface area contributed by atoms with Gasteiger partial charge in [0.25, 0.3) is 0 Å². The Balaban J connectivity index is 1.77. The topological polar surface area (TPSA) is 95.4 Å². The zero-order valence-electron chi connectivity index (χ0n) is 15.3. The average molecular weight is 373 g/mol. The summed E-state index contributed by atoms with van der Waals surface area (Å²) in [6.45, 7) is 2.51. The molecule has 1 saturated heterocycles. The molecule has 8 nitrogen and oxygen atoms in total. The highest BCUT2D eigenvalue weighted by molar-refractivity contribution is 5.76. The van der Waals surface area contributed by atoms with Crippen molar-refractivity contribution in [2.24, 2.45) is 0 Å². The van der Waals surface area contributed by atoms with Crippen molar-refractivity contribution >= 4 is 11.7 Å². The number of hydrogen-bond donors (Lipinski definition) is 2. The molecular formula is C19H23N3O5. The molecule has 2 heterocycles. The van der Waals surface area contributed by atoms with Gasteiger partial charge >= 0.3 is 5.97 Å². The number of hydrogen-bond acceptors (Lipinski definition) is 7. The predicted molar refractivity (Wildman–Crippen MR) is 99.6 cm³/mol. The summed E-state index contributed by atoms with van der Waals surface area (Å²) in [5.41, 5.74) is 1.51. The van der Waals surface area contributed by atoms with Crippen LogP contribution in [0.1, 0.15) is 11.6 Å². The van der Waals surface area contributed by atoms with Crippen molar-refractivity contribution in [3.63, 3.8) is 0 Å². The number of anilines is 1. The molecule has 1 aliphatic rings. The number of nitrogens with zero attached hydrogens (tertiary/aromatic N) is 3. The maximum Gasteiger partial charge on any atom is 0.325 e. The fourth-order valence-electron chi connectivity index (χ4n) is 3.31.